The van der Waals surface area contributed by atoms with Crippen LogP contribution in [0.4, 0.5) is 5.69 Å². The first-order valence-corrected chi connectivity index (χ1v) is 8.53. The molecule has 23 heavy (non-hydrogen) atoms. The van der Waals surface area contributed by atoms with Gasteiger partial charge in [0, 0.05) is 36.3 Å². The molecule has 0 fully saturated rings. The summed E-state index contributed by atoms with van der Waals surface area (Å²) in [5.74, 6) is 0.864. The minimum Gasteiger partial charge on any atom is -0.497 e. The zero-order chi connectivity index (χ0) is 16.7. The molecule has 0 radical (unpaired) electrons. The second kappa shape index (κ2) is 8.73. The van der Waals surface area contributed by atoms with Gasteiger partial charge < -0.3 is 15.4 Å². The van der Waals surface area contributed by atoms with Crippen molar-refractivity contribution in [2.45, 2.75) is 52.1 Å². The lowest BCUT2D eigenvalue weighted by Crippen LogP contribution is -2.32. The lowest BCUT2D eigenvalue weighted by molar-refractivity contribution is 0.415. The Morgan fingerprint density at radius 2 is 2.00 bits per heavy atom. The fraction of sp³-hybridized carbons (Fsp3) is 0.526. The number of ether oxygens (including phenoxy) is 1. The highest BCUT2D eigenvalue weighted by molar-refractivity contribution is 5.91. The number of nitrogens with one attached hydrogen (secondary N) is 2. The molecule has 0 amide bonds. The van der Waals surface area contributed by atoms with Gasteiger partial charge in [-0.1, -0.05) is 26.3 Å². The molecule has 0 aliphatic rings. The fourth-order valence-electron chi connectivity index (χ4n) is 2.87. The van der Waals surface area contributed by atoms with Crippen molar-refractivity contribution in [3.05, 3.63) is 30.5 Å². The molecule has 2 aromatic rings. The number of rotatable bonds is 9. The number of hydrogen-bond acceptors (Lipinski definition) is 4. The minimum absolute atomic E-state index is 0.553. The van der Waals surface area contributed by atoms with E-state index in [1.54, 1.807) is 7.11 Å². The molecule has 126 valence electrons. The monoisotopic (exact) mass is 315 g/mol. The fourth-order valence-corrected chi connectivity index (χ4v) is 2.87. The van der Waals surface area contributed by atoms with E-state index in [-0.39, 0.29) is 0 Å². The van der Waals surface area contributed by atoms with Gasteiger partial charge in [-0.25, -0.2) is 0 Å². The molecule has 0 aliphatic carbocycles. The lowest BCUT2D eigenvalue weighted by atomic mass is 10.1. The Bertz CT molecular complexity index is 613. The first-order chi connectivity index (χ1) is 11.1. The van der Waals surface area contributed by atoms with Gasteiger partial charge in [0.15, 0.2) is 0 Å². The molecule has 4 heteroatoms. The van der Waals surface area contributed by atoms with Crippen LogP contribution in [-0.2, 0) is 0 Å². The zero-order valence-electron chi connectivity index (χ0n) is 14.7. The van der Waals surface area contributed by atoms with E-state index in [1.807, 2.05) is 24.4 Å². The smallest absolute Gasteiger partial charge is 0.121 e. The number of nitrogens with zero attached hydrogens (tertiary/aromatic N) is 1. The molecule has 2 N–H and O–H groups in total. The van der Waals surface area contributed by atoms with E-state index in [2.05, 4.69) is 42.5 Å². The number of methoxy groups -OCH3 is 1. The standard InChI is InChI=1S/C19H29N3O/c1-14(2)22-15(3)8-5-6-10-20-18-13-17(23-4)12-16-9-7-11-21-19(16)18/h7,9,11-15,20,22H,5-6,8,10H2,1-4H3. The Kier molecular flexibility index (Phi) is 6.66. The Balaban J connectivity index is 1.87. The van der Waals surface area contributed by atoms with Crippen LogP contribution >= 0.6 is 0 Å². The molecule has 4 nitrogen and oxygen atoms in total. The van der Waals surface area contributed by atoms with E-state index in [9.17, 15) is 0 Å². The van der Waals surface area contributed by atoms with Crippen molar-refractivity contribution < 1.29 is 4.74 Å². The van der Waals surface area contributed by atoms with Crippen molar-refractivity contribution in [1.82, 2.24) is 10.3 Å². The third-order valence-corrected chi connectivity index (χ3v) is 3.91. The first-order valence-electron chi connectivity index (χ1n) is 8.53. The van der Waals surface area contributed by atoms with E-state index in [0.717, 1.165) is 35.3 Å². The summed E-state index contributed by atoms with van der Waals surface area (Å²) in [6.07, 6.45) is 5.40. The Morgan fingerprint density at radius 3 is 2.74 bits per heavy atom. The number of benzene rings is 1. The van der Waals surface area contributed by atoms with Crippen molar-refractivity contribution in [3.63, 3.8) is 0 Å². The molecule has 1 heterocycles. The summed E-state index contributed by atoms with van der Waals surface area (Å²) in [5.41, 5.74) is 2.05. The van der Waals surface area contributed by atoms with Gasteiger partial charge in [-0.15, -0.1) is 0 Å². The van der Waals surface area contributed by atoms with Crippen LogP contribution in [0.5, 0.6) is 5.75 Å². The summed E-state index contributed by atoms with van der Waals surface area (Å²) in [6.45, 7) is 7.60. The van der Waals surface area contributed by atoms with E-state index >= 15 is 0 Å². The third-order valence-electron chi connectivity index (χ3n) is 3.91. The van der Waals surface area contributed by atoms with Crippen molar-refractivity contribution in [2.24, 2.45) is 0 Å². The van der Waals surface area contributed by atoms with Crippen LogP contribution in [0, 0.1) is 0 Å². The van der Waals surface area contributed by atoms with Gasteiger partial charge in [0.25, 0.3) is 0 Å². The van der Waals surface area contributed by atoms with Crippen molar-refractivity contribution in [2.75, 3.05) is 19.0 Å². The van der Waals surface area contributed by atoms with Crippen LogP contribution in [0.2, 0.25) is 0 Å². The van der Waals surface area contributed by atoms with Gasteiger partial charge in [0.1, 0.15) is 5.75 Å². The highest BCUT2D eigenvalue weighted by Crippen LogP contribution is 2.27. The highest BCUT2D eigenvalue weighted by atomic mass is 16.5. The Labute approximate surface area is 139 Å². The summed E-state index contributed by atoms with van der Waals surface area (Å²) < 4.78 is 5.38. The maximum Gasteiger partial charge on any atom is 0.121 e. The predicted octanol–water partition coefficient (Wildman–Crippen LogP) is 4.21. The maximum atomic E-state index is 5.38. The number of hydrogen-bond donors (Lipinski definition) is 2. The average molecular weight is 315 g/mol. The summed E-state index contributed by atoms with van der Waals surface area (Å²) >= 11 is 0. The molecule has 0 saturated heterocycles. The average Bonchev–Trinajstić information content (AvgIpc) is 2.53. The van der Waals surface area contributed by atoms with Crippen molar-refractivity contribution >= 4 is 16.6 Å². The molecule has 1 unspecified atom stereocenters. The molecule has 2 rings (SSSR count). The van der Waals surface area contributed by atoms with Crippen LogP contribution in [-0.4, -0.2) is 30.7 Å². The zero-order valence-corrected chi connectivity index (χ0v) is 14.7. The van der Waals surface area contributed by atoms with Crippen LogP contribution < -0.4 is 15.4 Å². The second-order valence-corrected chi connectivity index (χ2v) is 6.40. The number of aromatic nitrogens is 1. The summed E-state index contributed by atoms with van der Waals surface area (Å²) in [6, 6.07) is 9.20. The molecule has 1 atom stereocenters. The van der Waals surface area contributed by atoms with Crippen LogP contribution in [0.15, 0.2) is 30.5 Å². The Morgan fingerprint density at radius 1 is 1.17 bits per heavy atom. The van der Waals surface area contributed by atoms with Crippen LogP contribution in [0.3, 0.4) is 0 Å². The molecule has 1 aromatic carbocycles. The van der Waals surface area contributed by atoms with E-state index in [0.29, 0.717) is 12.1 Å². The normalized spacial score (nSPS) is 12.6. The highest BCUT2D eigenvalue weighted by Gasteiger charge is 2.06. The molecular formula is C19H29N3O. The number of fused-ring (bicyclic) bond motifs is 1. The van der Waals surface area contributed by atoms with E-state index in [1.165, 1.54) is 12.8 Å². The Hall–Kier alpha value is -1.81. The quantitative estimate of drug-likeness (QED) is 0.680. The molecule has 1 aromatic heterocycles. The summed E-state index contributed by atoms with van der Waals surface area (Å²) in [5, 5.41) is 8.16. The van der Waals surface area contributed by atoms with Gasteiger partial charge in [0.05, 0.1) is 18.3 Å². The number of anilines is 1. The molecule has 0 bridgehead atoms. The number of unbranched alkanes of at least 4 members (excludes halogenated alkanes) is 1. The summed E-state index contributed by atoms with van der Waals surface area (Å²) in [7, 11) is 1.70. The molecule has 0 saturated carbocycles. The topological polar surface area (TPSA) is 46.2 Å². The number of pyridine rings is 1. The van der Waals surface area contributed by atoms with Crippen LogP contribution in [0.25, 0.3) is 10.9 Å². The largest absolute Gasteiger partial charge is 0.497 e. The van der Waals surface area contributed by atoms with Gasteiger partial charge in [-0.2, -0.15) is 0 Å². The molecule has 0 spiro atoms. The lowest BCUT2D eigenvalue weighted by Gasteiger charge is -2.16. The second-order valence-electron chi connectivity index (χ2n) is 6.40. The maximum absolute atomic E-state index is 5.38. The van der Waals surface area contributed by atoms with E-state index < -0.39 is 0 Å². The minimum atomic E-state index is 0.553. The molecule has 0 aliphatic heterocycles. The van der Waals surface area contributed by atoms with Crippen molar-refractivity contribution in [3.8, 4) is 5.75 Å². The van der Waals surface area contributed by atoms with Gasteiger partial charge >= 0.3 is 0 Å². The van der Waals surface area contributed by atoms with Gasteiger partial charge in [-0.3, -0.25) is 4.98 Å². The summed E-state index contributed by atoms with van der Waals surface area (Å²) in [4.78, 5) is 4.49. The van der Waals surface area contributed by atoms with E-state index in [4.69, 9.17) is 4.74 Å². The van der Waals surface area contributed by atoms with Crippen molar-refractivity contribution in [1.29, 1.82) is 0 Å². The third kappa shape index (κ3) is 5.39. The predicted molar refractivity (Wildman–Crippen MR) is 98.4 cm³/mol. The molecular weight excluding hydrogens is 286 g/mol. The van der Waals surface area contributed by atoms with Gasteiger partial charge in [0.2, 0.25) is 0 Å². The van der Waals surface area contributed by atoms with Gasteiger partial charge in [-0.05, 0) is 31.9 Å². The first kappa shape index (κ1) is 17.5. The van der Waals surface area contributed by atoms with Crippen LogP contribution in [0.1, 0.15) is 40.0 Å². The SMILES string of the molecule is COc1cc(NCCCCC(C)NC(C)C)c2ncccc2c1.